The van der Waals surface area contributed by atoms with Crippen LogP contribution in [0.25, 0.3) is 44.5 Å². The first-order valence-electron chi connectivity index (χ1n) is 13.2. The van der Waals surface area contributed by atoms with Crippen molar-refractivity contribution in [2.24, 2.45) is 11.8 Å². The zero-order chi connectivity index (χ0) is 26.7. The number of hydrogen-bond donors (Lipinski definition) is 1. The molecular formula is C30H26F3N5O. The van der Waals surface area contributed by atoms with Gasteiger partial charge in [0.15, 0.2) is 0 Å². The van der Waals surface area contributed by atoms with Gasteiger partial charge in [-0.25, -0.2) is 4.98 Å². The lowest BCUT2D eigenvalue weighted by Crippen LogP contribution is -2.30. The van der Waals surface area contributed by atoms with Crippen molar-refractivity contribution >= 4 is 27.8 Å². The molecule has 3 heterocycles. The van der Waals surface area contributed by atoms with Crippen LogP contribution in [0.4, 0.5) is 13.2 Å². The zero-order valence-corrected chi connectivity index (χ0v) is 21.1. The van der Waals surface area contributed by atoms with Gasteiger partial charge in [0.2, 0.25) is 5.91 Å². The van der Waals surface area contributed by atoms with Crippen molar-refractivity contribution in [3.05, 3.63) is 72.4 Å². The average molecular weight is 530 g/mol. The summed E-state index contributed by atoms with van der Waals surface area (Å²) in [6, 6.07) is 17.8. The molecule has 0 spiro atoms. The maximum atomic E-state index is 13.6. The van der Waals surface area contributed by atoms with Gasteiger partial charge in [-0.3, -0.25) is 9.89 Å². The SMILES string of the molecule is O=C(C1CC1)N1CCC(Cn2c(-c3ccc(-c4ccc5cn[nH]c5c4)cc3)nc3ccc(C(F)(F)F)cc32)C1. The molecule has 2 aliphatic rings. The van der Waals surface area contributed by atoms with Crippen molar-refractivity contribution in [1.29, 1.82) is 0 Å². The van der Waals surface area contributed by atoms with E-state index in [4.69, 9.17) is 4.98 Å². The first-order valence-corrected chi connectivity index (χ1v) is 13.2. The van der Waals surface area contributed by atoms with Crippen LogP contribution >= 0.6 is 0 Å². The van der Waals surface area contributed by atoms with Crippen LogP contribution in [0, 0.1) is 11.8 Å². The number of carbonyl (C=O) groups is 1. The Balaban J connectivity index is 1.24. The first-order chi connectivity index (χ1) is 18.8. The van der Waals surface area contributed by atoms with Gasteiger partial charge in [-0.15, -0.1) is 0 Å². The number of nitrogens with one attached hydrogen (secondary N) is 1. The largest absolute Gasteiger partial charge is 0.416 e. The van der Waals surface area contributed by atoms with E-state index in [1.54, 1.807) is 6.20 Å². The maximum absolute atomic E-state index is 13.6. The number of halogens is 3. The van der Waals surface area contributed by atoms with E-state index in [0.29, 0.717) is 36.5 Å². The third kappa shape index (κ3) is 4.45. The second-order valence-electron chi connectivity index (χ2n) is 10.7. The number of fused-ring (bicyclic) bond motifs is 2. The summed E-state index contributed by atoms with van der Waals surface area (Å²) in [7, 11) is 0. The summed E-state index contributed by atoms with van der Waals surface area (Å²) >= 11 is 0. The van der Waals surface area contributed by atoms with Gasteiger partial charge in [-0.2, -0.15) is 18.3 Å². The Labute approximate surface area is 222 Å². The summed E-state index contributed by atoms with van der Waals surface area (Å²) in [4.78, 5) is 19.3. The van der Waals surface area contributed by atoms with Crippen molar-refractivity contribution in [2.45, 2.75) is 32.0 Å². The Morgan fingerprint density at radius 3 is 2.49 bits per heavy atom. The maximum Gasteiger partial charge on any atom is 0.416 e. The number of likely N-dealkylation sites (tertiary alicyclic amines) is 1. The van der Waals surface area contributed by atoms with E-state index in [2.05, 4.69) is 10.2 Å². The van der Waals surface area contributed by atoms with Crippen LogP contribution in [0.3, 0.4) is 0 Å². The molecule has 1 saturated carbocycles. The van der Waals surface area contributed by atoms with Gasteiger partial charge in [-0.1, -0.05) is 36.4 Å². The van der Waals surface area contributed by atoms with Crippen molar-refractivity contribution in [3.8, 4) is 22.5 Å². The molecule has 0 bridgehead atoms. The Bertz CT molecular complexity index is 1700. The molecule has 2 aromatic heterocycles. The van der Waals surface area contributed by atoms with E-state index in [0.717, 1.165) is 52.9 Å². The smallest absolute Gasteiger partial charge is 0.342 e. The summed E-state index contributed by atoms with van der Waals surface area (Å²) in [6.07, 6.45) is 0.0834. The van der Waals surface area contributed by atoms with Gasteiger partial charge in [0, 0.05) is 36.5 Å². The predicted octanol–water partition coefficient (Wildman–Crippen LogP) is 6.52. The molecule has 1 atom stereocenters. The van der Waals surface area contributed by atoms with Gasteiger partial charge in [0.1, 0.15) is 5.82 Å². The van der Waals surface area contributed by atoms with Gasteiger partial charge in [-0.05, 0) is 60.6 Å². The molecule has 7 rings (SSSR count). The molecule has 6 nitrogen and oxygen atoms in total. The van der Waals surface area contributed by atoms with E-state index < -0.39 is 11.7 Å². The number of benzene rings is 3. The van der Waals surface area contributed by atoms with Crippen LogP contribution in [-0.4, -0.2) is 43.6 Å². The molecular weight excluding hydrogens is 503 g/mol. The number of carbonyl (C=O) groups excluding carboxylic acids is 1. The lowest BCUT2D eigenvalue weighted by molar-refractivity contribution is -0.137. The van der Waals surface area contributed by atoms with Crippen molar-refractivity contribution in [3.63, 3.8) is 0 Å². The van der Waals surface area contributed by atoms with Crippen LogP contribution in [0.5, 0.6) is 0 Å². The number of alkyl halides is 3. The van der Waals surface area contributed by atoms with Crippen LogP contribution < -0.4 is 0 Å². The van der Waals surface area contributed by atoms with E-state index in [1.165, 1.54) is 12.1 Å². The second-order valence-corrected chi connectivity index (χ2v) is 10.7. The van der Waals surface area contributed by atoms with Crippen LogP contribution in [-0.2, 0) is 17.5 Å². The molecule has 1 saturated heterocycles. The highest BCUT2D eigenvalue weighted by Crippen LogP contribution is 2.36. The fourth-order valence-electron chi connectivity index (χ4n) is 5.66. The van der Waals surface area contributed by atoms with Crippen LogP contribution in [0.2, 0.25) is 0 Å². The topological polar surface area (TPSA) is 66.8 Å². The average Bonchev–Trinajstić information content (AvgIpc) is 3.33. The standard InChI is InChI=1S/C30H26F3N5O/c31-30(32,33)24-9-10-25-27(14-24)38(17-18-11-12-37(16-18)29(39)21-5-6-21)28(35-25)20-3-1-19(2-4-20)22-7-8-23-15-34-36-26(23)13-22/h1-4,7-10,13-15,18,21H,5-6,11-12,16-17H2,(H,34,36). The summed E-state index contributed by atoms with van der Waals surface area (Å²) < 4.78 is 42.7. The molecule has 5 aromatic rings. The fourth-order valence-corrected chi connectivity index (χ4v) is 5.66. The molecule has 1 unspecified atom stereocenters. The van der Waals surface area contributed by atoms with E-state index in [1.807, 2.05) is 51.9 Å². The number of nitrogens with zero attached hydrogens (tertiary/aromatic N) is 4. The Kier molecular flexibility index (Phi) is 5.50. The van der Waals surface area contributed by atoms with Gasteiger partial charge in [0.05, 0.1) is 28.3 Å². The predicted molar refractivity (Wildman–Crippen MR) is 143 cm³/mol. The number of aromatic nitrogens is 4. The Morgan fingerprint density at radius 1 is 0.949 bits per heavy atom. The van der Waals surface area contributed by atoms with Gasteiger partial charge < -0.3 is 9.47 Å². The van der Waals surface area contributed by atoms with E-state index in [-0.39, 0.29) is 17.7 Å². The molecule has 1 aliphatic carbocycles. The first kappa shape index (κ1) is 23.9. The molecule has 1 aliphatic heterocycles. The Hall–Kier alpha value is -4.14. The summed E-state index contributed by atoms with van der Waals surface area (Å²) in [6.45, 7) is 1.83. The van der Waals surface area contributed by atoms with Crippen LogP contribution in [0.15, 0.2) is 66.9 Å². The minimum Gasteiger partial charge on any atom is -0.342 e. The quantitative estimate of drug-likeness (QED) is 0.282. The molecule has 39 heavy (non-hydrogen) atoms. The number of aromatic amines is 1. The Morgan fingerprint density at radius 2 is 1.72 bits per heavy atom. The van der Waals surface area contributed by atoms with E-state index >= 15 is 0 Å². The zero-order valence-electron chi connectivity index (χ0n) is 21.1. The molecule has 1 N–H and O–H groups in total. The highest BCUT2D eigenvalue weighted by Gasteiger charge is 2.37. The number of rotatable bonds is 5. The van der Waals surface area contributed by atoms with Crippen LogP contribution in [0.1, 0.15) is 24.8 Å². The fraction of sp³-hybridized carbons (Fsp3) is 0.300. The van der Waals surface area contributed by atoms with Crippen molar-refractivity contribution in [2.75, 3.05) is 13.1 Å². The van der Waals surface area contributed by atoms with E-state index in [9.17, 15) is 18.0 Å². The minimum atomic E-state index is -4.44. The number of imidazole rings is 1. The molecule has 9 heteroatoms. The second kappa shape index (κ2) is 8.97. The van der Waals surface area contributed by atoms with Crippen molar-refractivity contribution in [1.82, 2.24) is 24.6 Å². The third-order valence-electron chi connectivity index (χ3n) is 7.96. The molecule has 3 aromatic carbocycles. The molecule has 0 radical (unpaired) electrons. The van der Waals surface area contributed by atoms with Gasteiger partial charge >= 0.3 is 6.18 Å². The number of amides is 1. The lowest BCUT2D eigenvalue weighted by Gasteiger charge is -2.18. The summed E-state index contributed by atoms with van der Waals surface area (Å²) in [5.41, 5.74) is 4.12. The normalized spacial score (nSPS) is 17.9. The summed E-state index contributed by atoms with van der Waals surface area (Å²) in [5, 5.41) is 8.11. The van der Waals surface area contributed by atoms with Gasteiger partial charge in [0.25, 0.3) is 0 Å². The highest BCUT2D eigenvalue weighted by atomic mass is 19.4. The third-order valence-corrected chi connectivity index (χ3v) is 7.96. The number of H-pyrrole nitrogens is 1. The summed E-state index contributed by atoms with van der Waals surface area (Å²) in [5.74, 6) is 1.16. The highest BCUT2D eigenvalue weighted by molar-refractivity contribution is 5.85. The minimum absolute atomic E-state index is 0.152. The molecule has 2 fully saturated rings. The molecule has 1 amide bonds. The monoisotopic (exact) mass is 529 g/mol. The number of hydrogen-bond acceptors (Lipinski definition) is 3. The lowest BCUT2D eigenvalue weighted by atomic mass is 10.0. The molecule has 198 valence electrons. The van der Waals surface area contributed by atoms with Crippen molar-refractivity contribution < 1.29 is 18.0 Å².